The maximum Gasteiger partial charge on any atom is 0.216 e. The van der Waals surface area contributed by atoms with Gasteiger partial charge in [-0.15, -0.1) is 24.0 Å². The highest BCUT2D eigenvalue weighted by Gasteiger charge is 2.16. The van der Waals surface area contributed by atoms with Crippen LogP contribution in [0.15, 0.2) is 39.7 Å². The van der Waals surface area contributed by atoms with Gasteiger partial charge in [0.1, 0.15) is 12.3 Å². The van der Waals surface area contributed by atoms with E-state index in [0.29, 0.717) is 12.4 Å². The smallest absolute Gasteiger partial charge is 0.216 e. The normalized spacial score (nSPS) is 15.6. The van der Waals surface area contributed by atoms with E-state index in [1.54, 1.807) is 0 Å². The van der Waals surface area contributed by atoms with Crippen molar-refractivity contribution in [2.24, 2.45) is 4.99 Å². The zero-order valence-electron chi connectivity index (χ0n) is 18.4. The average Bonchev–Trinajstić information content (AvgIpc) is 3.06. The fraction of sp³-hybridized carbons (Fsp3) is 0.545. The second-order valence-corrected chi connectivity index (χ2v) is 7.47. The number of nitrogens with zero attached hydrogens (tertiary/aromatic N) is 4. The summed E-state index contributed by atoms with van der Waals surface area (Å²) in [5.41, 5.74) is 2.32. The number of aryl methyl sites for hydroxylation is 2. The number of guanidine groups is 1. The molecule has 30 heavy (non-hydrogen) atoms. The molecule has 0 spiro atoms. The van der Waals surface area contributed by atoms with Gasteiger partial charge in [0.15, 0.2) is 5.96 Å². The quantitative estimate of drug-likeness (QED) is 0.313. The first-order valence-electron chi connectivity index (χ1n) is 10.6. The highest BCUT2D eigenvalue weighted by atomic mass is 127. The average molecular weight is 526 g/mol. The predicted octanol–water partition coefficient (Wildman–Crippen LogP) is 2.78. The van der Waals surface area contributed by atoms with E-state index in [-0.39, 0.29) is 24.0 Å². The van der Waals surface area contributed by atoms with Crippen LogP contribution in [0, 0.1) is 13.8 Å². The number of aliphatic imine (C=N–C) groups is 1. The van der Waals surface area contributed by atoms with Gasteiger partial charge in [-0.05, 0) is 26.3 Å². The SMILES string of the molecule is CCNC(=NCc1nc(C)c(C)o1)NCCN1CCN(Cc2ccccc2)CC1.I. The molecule has 1 aromatic carbocycles. The maximum atomic E-state index is 5.61. The molecule has 0 amide bonds. The zero-order valence-corrected chi connectivity index (χ0v) is 20.7. The second-order valence-electron chi connectivity index (χ2n) is 7.47. The number of oxazole rings is 1. The van der Waals surface area contributed by atoms with Crippen LogP contribution < -0.4 is 10.6 Å². The summed E-state index contributed by atoms with van der Waals surface area (Å²) < 4.78 is 5.61. The Bertz CT molecular complexity index is 752. The van der Waals surface area contributed by atoms with Crippen LogP contribution in [0.25, 0.3) is 0 Å². The van der Waals surface area contributed by atoms with Crippen LogP contribution in [0.3, 0.4) is 0 Å². The number of hydrogen-bond donors (Lipinski definition) is 2. The summed E-state index contributed by atoms with van der Waals surface area (Å²) in [6.45, 7) is 14.6. The Morgan fingerprint density at radius 2 is 1.77 bits per heavy atom. The molecular formula is C22H35IN6O. The van der Waals surface area contributed by atoms with E-state index in [9.17, 15) is 0 Å². The molecule has 0 atom stereocenters. The number of benzene rings is 1. The number of nitrogens with one attached hydrogen (secondary N) is 2. The highest BCUT2D eigenvalue weighted by molar-refractivity contribution is 14.0. The van der Waals surface area contributed by atoms with Gasteiger partial charge in [-0.3, -0.25) is 9.80 Å². The van der Waals surface area contributed by atoms with Gasteiger partial charge in [-0.2, -0.15) is 0 Å². The Labute approximate surface area is 197 Å². The van der Waals surface area contributed by atoms with Crippen LogP contribution >= 0.6 is 24.0 Å². The third-order valence-corrected chi connectivity index (χ3v) is 5.22. The minimum atomic E-state index is 0. The van der Waals surface area contributed by atoms with Gasteiger partial charge in [-0.25, -0.2) is 9.98 Å². The molecule has 7 nitrogen and oxygen atoms in total. The first kappa shape index (κ1) is 24.6. The molecule has 1 saturated heterocycles. The lowest BCUT2D eigenvalue weighted by atomic mass is 10.2. The summed E-state index contributed by atoms with van der Waals surface area (Å²) in [6, 6.07) is 10.7. The Hall–Kier alpha value is -1.65. The minimum absolute atomic E-state index is 0. The molecule has 0 unspecified atom stereocenters. The van der Waals surface area contributed by atoms with Gasteiger partial charge in [0.2, 0.25) is 5.89 Å². The lowest BCUT2D eigenvalue weighted by molar-refractivity contribution is 0.129. The highest BCUT2D eigenvalue weighted by Crippen LogP contribution is 2.09. The molecule has 2 N–H and O–H groups in total. The van der Waals surface area contributed by atoms with Crippen molar-refractivity contribution >= 4 is 29.9 Å². The molecule has 0 bridgehead atoms. The third kappa shape index (κ3) is 7.88. The zero-order chi connectivity index (χ0) is 20.5. The summed E-state index contributed by atoms with van der Waals surface area (Å²) in [5, 5.41) is 6.71. The second kappa shape index (κ2) is 12.9. The van der Waals surface area contributed by atoms with Crippen molar-refractivity contribution < 1.29 is 4.42 Å². The molecule has 2 heterocycles. The third-order valence-electron chi connectivity index (χ3n) is 5.22. The van der Waals surface area contributed by atoms with Crippen molar-refractivity contribution in [1.29, 1.82) is 0 Å². The van der Waals surface area contributed by atoms with E-state index < -0.39 is 0 Å². The van der Waals surface area contributed by atoms with Crippen LogP contribution in [0.1, 0.15) is 29.8 Å². The molecule has 1 fully saturated rings. The molecule has 8 heteroatoms. The van der Waals surface area contributed by atoms with E-state index in [0.717, 1.165) is 69.8 Å². The van der Waals surface area contributed by atoms with Gasteiger partial charge >= 0.3 is 0 Å². The van der Waals surface area contributed by atoms with E-state index in [2.05, 4.69) is 67.7 Å². The Morgan fingerprint density at radius 3 is 2.40 bits per heavy atom. The van der Waals surface area contributed by atoms with Gasteiger partial charge in [-0.1, -0.05) is 30.3 Å². The first-order valence-corrected chi connectivity index (χ1v) is 10.6. The first-order chi connectivity index (χ1) is 14.1. The Kier molecular flexibility index (Phi) is 10.6. The fourth-order valence-corrected chi connectivity index (χ4v) is 3.44. The van der Waals surface area contributed by atoms with Gasteiger partial charge in [0.05, 0.1) is 5.69 Å². The van der Waals surface area contributed by atoms with Crippen molar-refractivity contribution in [3.63, 3.8) is 0 Å². The van der Waals surface area contributed by atoms with E-state index >= 15 is 0 Å². The van der Waals surface area contributed by atoms with Crippen molar-refractivity contribution in [2.75, 3.05) is 45.8 Å². The van der Waals surface area contributed by atoms with Crippen LogP contribution in [-0.2, 0) is 13.1 Å². The molecule has 1 aliphatic heterocycles. The number of halogens is 1. The van der Waals surface area contributed by atoms with Crippen molar-refractivity contribution in [1.82, 2.24) is 25.4 Å². The van der Waals surface area contributed by atoms with Gasteiger partial charge < -0.3 is 15.1 Å². The number of hydrogen-bond acceptors (Lipinski definition) is 5. The van der Waals surface area contributed by atoms with Crippen LogP contribution in [0.5, 0.6) is 0 Å². The fourth-order valence-electron chi connectivity index (χ4n) is 3.44. The minimum Gasteiger partial charge on any atom is -0.444 e. The molecular weight excluding hydrogens is 491 g/mol. The molecule has 0 radical (unpaired) electrons. The van der Waals surface area contributed by atoms with E-state index in [4.69, 9.17) is 4.42 Å². The monoisotopic (exact) mass is 526 g/mol. The maximum absolute atomic E-state index is 5.61. The lowest BCUT2D eigenvalue weighted by Crippen LogP contribution is -2.49. The van der Waals surface area contributed by atoms with E-state index in [1.807, 2.05) is 13.8 Å². The number of piperazine rings is 1. The molecule has 166 valence electrons. The molecule has 1 aliphatic rings. The topological polar surface area (TPSA) is 68.9 Å². The van der Waals surface area contributed by atoms with Crippen LogP contribution in [0.4, 0.5) is 0 Å². The summed E-state index contributed by atoms with van der Waals surface area (Å²) in [4.78, 5) is 14.0. The molecule has 3 rings (SSSR count). The summed E-state index contributed by atoms with van der Waals surface area (Å²) in [6.07, 6.45) is 0. The standard InChI is InChI=1S/C22H34N6O.HI/c1-4-23-22(25-16-21-26-18(2)19(3)29-21)24-10-11-27-12-14-28(15-13-27)17-20-8-6-5-7-9-20;/h5-9H,4,10-17H2,1-3H3,(H2,23,24,25);1H. The van der Waals surface area contributed by atoms with Crippen LogP contribution in [-0.4, -0.2) is 66.6 Å². The summed E-state index contributed by atoms with van der Waals surface area (Å²) in [7, 11) is 0. The molecule has 0 aliphatic carbocycles. The predicted molar refractivity (Wildman–Crippen MR) is 132 cm³/mol. The van der Waals surface area contributed by atoms with Crippen molar-refractivity contribution in [3.05, 3.63) is 53.2 Å². The summed E-state index contributed by atoms with van der Waals surface area (Å²) >= 11 is 0. The summed E-state index contributed by atoms with van der Waals surface area (Å²) in [5.74, 6) is 2.33. The van der Waals surface area contributed by atoms with Crippen molar-refractivity contribution in [2.45, 2.75) is 33.9 Å². The Morgan fingerprint density at radius 1 is 1.07 bits per heavy atom. The van der Waals surface area contributed by atoms with Gasteiger partial charge in [0, 0.05) is 52.4 Å². The Balaban J connectivity index is 0.00000320. The van der Waals surface area contributed by atoms with Crippen molar-refractivity contribution in [3.8, 4) is 0 Å². The van der Waals surface area contributed by atoms with E-state index in [1.165, 1.54) is 5.56 Å². The largest absolute Gasteiger partial charge is 0.444 e. The molecule has 1 aromatic heterocycles. The number of aromatic nitrogens is 1. The van der Waals surface area contributed by atoms with Gasteiger partial charge in [0.25, 0.3) is 0 Å². The molecule has 0 saturated carbocycles. The lowest BCUT2D eigenvalue weighted by Gasteiger charge is -2.34. The van der Waals surface area contributed by atoms with Crippen LogP contribution in [0.2, 0.25) is 0 Å². The molecule has 2 aromatic rings. The number of rotatable bonds is 8.